The van der Waals surface area contributed by atoms with Crippen molar-refractivity contribution in [2.45, 2.75) is 20.3 Å². The molecule has 1 aliphatic rings. The van der Waals surface area contributed by atoms with Crippen molar-refractivity contribution in [3.63, 3.8) is 0 Å². The van der Waals surface area contributed by atoms with Gasteiger partial charge in [-0.15, -0.1) is 0 Å². The number of halogens is 1. The molecule has 1 N–H and O–H groups in total. The van der Waals surface area contributed by atoms with Crippen LogP contribution >= 0.6 is 11.6 Å². The number of hydrogen-bond acceptors (Lipinski definition) is 2. The molecule has 0 spiro atoms. The standard InChI is InChI=1S/C13H16ClNO2/c1-8-3-9(2)13(11(14)4-8)15-12(16)5-10-6-17-7-10/h3-4,10H,5-7H2,1-2H3,(H,15,16). The molecule has 1 amide bonds. The third-order valence-corrected chi connectivity index (χ3v) is 3.18. The van der Waals surface area contributed by atoms with Gasteiger partial charge >= 0.3 is 0 Å². The lowest BCUT2D eigenvalue weighted by Crippen LogP contribution is -2.31. The van der Waals surface area contributed by atoms with Crippen molar-refractivity contribution in [1.82, 2.24) is 0 Å². The summed E-state index contributed by atoms with van der Waals surface area (Å²) in [4.78, 5) is 11.8. The third-order valence-electron chi connectivity index (χ3n) is 2.88. The van der Waals surface area contributed by atoms with Gasteiger partial charge in [-0.25, -0.2) is 0 Å². The zero-order valence-corrected chi connectivity index (χ0v) is 10.8. The van der Waals surface area contributed by atoms with Crippen molar-refractivity contribution in [2.24, 2.45) is 5.92 Å². The highest BCUT2D eigenvalue weighted by molar-refractivity contribution is 6.34. The fourth-order valence-electron chi connectivity index (χ4n) is 1.93. The van der Waals surface area contributed by atoms with E-state index in [2.05, 4.69) is 5.32 Å². The monoisotopic (exact) mass is 253 g/mol. The molecule has 0 saturated carbocycles. The molecule has 0 unspecified atom stereocenters. The molecule has 4 heteroatoms. The average Bonchev–Trinajstić information content (AvgIpc) is 2.17. The number of hydrogen-bond donors (Lipinski definition) is 1. The van der Waals surface area contributed by atoms with Gasteiger partial charge in [-0.2, -0.15) is 0 Å². The molecule has 0 aliphatic carbocycles. The van der Waals surface area contributed by atoms with Crippen molar-refractivity contribution in [2.75, 3.05) is 18.5 Å². The number of benzene rings is 1. The van der Waals surface area contributed by atoms with E-state index in [0.29, 0.717) is 30.6 Å². The summed E-state index contributed by atoms with van der Waals surface area (Å²) in [5.41, 5.74) is 2.81. The van der Waals surface area contributed by atoms with Crippen LogP contribution in [0, 0.1) is 19.8 Å². The second-order valence-electron chi connectivity index (χ2n) is 4.59. The van der Waals surface area contributed by atoms with Crippen molar-refractivity contribution in [1.29, 1.82) is 0 Å². The summed E-state index contributed by atoms with van der Waals surface area (Å²) in [6.45, 7) is 5.30. The van der Waals surface area contributed by atoms with E-state index in [4.69, 9.17) is 16.3 Å². The van der Waals surface area contributed by atoms with Crippen molar-refractivity contribution in [3.8, 4) is 0 Å². The molecular formula is C13H16ClNO2. The van der Waals surface area contributed by atoms with Crippen LogP contribution in [0.25, 0.3) is 0 Å². The minimum absolute atomic E-state index is 0.00662. The number of anilines is 1. The zero-order chi connectivity index (χ0) is 12.4. The first kappa shape index (κ1) is 12.4. The number of carbonyl (C=O) groups excluding carboxylic acids is 1. The Kier molecular flexibility index (Phi) is 3.69. The summed E-state index contributed by atoms with van der Waals surface area (Å²) in [5, 5.41) is 3.48. The largest absolute Gasteiger partial charge is 0.381 e. The Hall–Kier alpha value is -1.06. The van der Waals surface area contributed by atoms with E-state index >= 15 is 0 Å². The normalized spacial score (nSPS) is 15.5. The molecule has 1 heterocycles. The highest BCUT2D eigenvalue weighted by Gasteiger charge is 2.22. The lowest BCUT2D eigenvalue weighted by Gasteiger charge is -2.25. The SMILES string of the molecule is Cc1cc(C)c(NC(=O)CC2COC2)c(Cl)c1. The minimum Gasteiger partial charge on any atom is -0.381 e. The molecule has 1 fully saturated rings. The molecular weight excluding hydrogens is 238 g/mol. The van der Waals surface area contributed by atoms with E-state index in [-0.39, 0.29) is 5.91 Å². The molecule has 0 aromatic heterocycles. The van der Waals surface area contributed by atoms with Crippen molar-refractivity contribution < 1.29 is 9.53 Å². The summed E-state index contributed by atoms with van der Waals surface area (Å²) in [5.74, 6) is 0.367. The second kappa shape index (κ2) is 5.07. The molecule has 0 atom stereocenters. The van der Waals surface area contributed by atoms with Crippen LogP contribution in [0.5, 0.6) is 0 Å². The van der Waals surface area contributed by atoms with Crippen LogP contribution in [0.1, 0.15) is 17.5 Å². The Morgan fingerprint density at radius 1 is 1.47 bits per heavy atom. The molecule has 1 aromatic rings. The minimum atomic E-state index is 0.00662. The Morgan fingerprint density at radius 3 is 2.71 bits per heavy atom. The Morgan fingerprint density at radius 2 is 2.18 bits per heavy atom. The Bertz CT molecular complexity index is 418. The highest BCUT2D eigenvalue weighted by atomic mass is 35.5. The molecule has 0 radical (unpaired) electrons. The number of carbonyl (C=O) groups is 1. The van der Waals surface area contributed by atoms with Gasteiger partial charge in [-0.3, -0.25) is 4.79 Å². The molecule has 17 heavy (non-hydrogen) atoms. The summed E-state index contributed by atoms with van der Waals surface area (Å²) in [6.07, 6.45) is 0.504. The van der Waals surface area contributed by atoms with Crippen molar-refractivity contribution in [3.05, 3.63) is 28.3 Å². The van der Waals surface area contributed by atoms with Crippen LogP contribution in [0.2, 0.25) is 5.02 Å². The molecule has 3 nitrogen and oxygen atoms in total. The average molecular weight is 254 g/mol. The maximum atomic E-state index is 11.8. The van der Waals surface area contributed by atoms with Crippen LogP contribution in [0.3, 0.4) is 0 Å². The summed E-state index contributed by atoms with van der Waals surface area (Å²) in [6, 6.07) is 3.87. The molecule has 0 bridgehead atoms. The molecule has 1 aliphatic heterocycles. The lowest BCUT2D eigenvalue weighted by molar-refractivity contribution is -0.121. The predicted molar refractivity (Wildman–Crippen MR) is 68.5 cm³/mol. The fourth-order valence-corrected chi connectivity index (χ4v) is 2.30. The van der Waals surface area contributed by atoms with E-state index in [1.54, 1.807) is 0 Å². The zero-order valence-electron chi connectivity index (χ0n) is 10.0. The molecule has 2 rings (SSSR count). The number of ether oxygens (including phenoxy) is 1. The van der Waals surface area contributed by atoms with Gasteiger partial charge in [0.2, 0.25) is 5.91 Å². The highest BCUT2D eigenvalue weighted by Crippen LogP contribution is 2.28. The van der Waals surface area contributed by atoms with Gasteiger partial charge < -0.3 is 10.1 Å². The van der Waals surface area contributed by atoms with Crippen molar-refractivity contribution >= 4 is 23.2 Å². The summed E-state index contributed by atoms with van der Waals surface area (Å²) >= 11 is 6.12. The second-order valence-corrected chi connectivity index (χ2v) is 5.00. The van der Waals surface area contributed by atoms with E-state index in [9.17, 15) is 4.79 Å². The predicted octanol–water partition coefficient (Wildman–Crippen LogP) is 2.93. The van der Waals surface area contributed by atoms with Crippen LogP contribution < -0.4 is 5.32 Å². The van der Waals surface area contributed by atoms with Gasteiger partial charge in [0.15, 0.2) is 0 Å². The van der Waals surface area contributed by atoms with Crippen LogP contribution in [0.4, 0.5) is 5.69 Å². The first-order chi connectivity index (χ1) is 8.06. The number of rotatable bonds is 3. The van der Waals surface area contributed by atoms with E-state index in [1.165, 1.54) is 0 Å². The number of nitrogens with one attached hydrogen (secondary N) is 1. The van der Waals surface area contributed by atoms with Gasteiger partial charge in [0.25, 0.3) is 0 Å². The van der Waals surface area contributed by atoms with Crippen LogP contribution in [-0.4, -0.2) is 19.1 Å². The maximum Gasteiger partial charge on any atom is 0.224 e. The summed E-state index contributed by atoms with van der Waals surface area (Å²) in [7, 11) is 0. The topological polar surface area (TPSA) is 38.3 Å². The third kappa shape index (κ3) is 2.99. The smallest absolute Gasteiger partial charge is 0.224 e. The number of aryl methyl sites for hydroxylation is 2. The molecule has 1 aromatic carbocycles. The summed E-state index contributed by atoms with van der Waals surface area (Å²) < 4.78 is 5.04. The van der Waals surface area contributed by atoms with Crippen LogP contribution in [-0.2, 0) is 9.53 Å². The van der Waals surface area contributed by atoms with Gasteiger partial charge in [0.05, 0.1) is 23.9 Å². The number of amides is 1. The fraction of sp³-hybridized carbons (Fsp3) is 0.462. The van der Waals surface area contributed by atoms with Gasteiger partial charge in [-0.1, -0.05) is 17.7 Å². The van der Waals surface area contributed by atoms with E-state index in [0.717, 1.165) is 16.8 Å². The first-order valence-corrected chi connectivity index (χ1v) is 6.08. The lowest BCUT2D eigenvalue weighted by atomic mass is 10.0. The van der Waals surface area contributed by atoms with E-state index in [1.807, 2.05) is 26.0 Å². The molecule has 1 saturated heterocycles. The van der Waals surface area contributed by atoms with Gasteiger partial charge in [0, 0.05) is 12.3 Å². The molecule has 92 valence electrons. The quantitative estimate of drug-likeness (QED) is 0.900. The Labute approximate surface area is 106 Å². The van der Waals surface area contributed by atoms with E-state index < -0.39 is 0 Å². The van der Waals surface area contributed by atoms with Gasteiger partial charge in [-0.05, 0) is 31.0 Å². The maximum absolute atomic E-state index is 11.8. The first-order valence-electron chi connectivity index (χ1n) is 5.70. The van der Waals surface area contributed by atoms with Gasteiger partial charge in [0.1, 0.15) is 0 Å². The Balaban J connectivity index is 2.04. The van der Waals surface area contributed by atoms with Crippen LogP contribution in [0.15, 0.2) is 12.1 Å².